The summed E-state index contributed by atoms with van der Waals surface area (Å²) < 4.78 is 5.55. The largest absolute Gasteiger partial charge is 0.495 e. The number of carbonyl (C=O) groups excluding carboxylic acids is 2. The van der Waals surface area contributed by atoms with Crippen LogP contribution in [0, 0.1) is 0 Å². The van der Waals surface area contributed by atoms with Gasteiger partial charge in [-0.3, -0.25) is 14.5 Å². The quantitative estimate of drug-likeness (QED) is 0.446. The van der Waals surface area contributed by atoms with Gasteiger partial charge in [0.15, 0.2) is 0 Å². The third-order valence-electron chi connectivity index (χ3n) is 6.75. The minimum atomic E-state index is -1.21. The molecule has 0 saturated heterocycles. The summed E-state index contributed by atoms with van der Waals surface area (Å²) in [5.41, 5.74) is 2.60. The van der Waals surface area contributed by atoms with E-state index in [-0.39, 0.29) is 27.9 Å². The number of aliphatic carboxylic acids is 1. The Balaban J connectivity index is 1.38. The number of methoxy groups -OCH3 is 1. The highest BCUT2D eigenvalue weighted by atomic mass is 35.5. The molecule has 3 aromatic rings. The molecule has 184 valence electrons. The van der Waals surface area contributed by atoms with E-state index in [9.17, 15) is 19.5 Å². The monoisotopic (exact) mass is 524 g/mol. The molecule has 3 aromatic carbocycles. The summed E-state index contributed by atoms with van der Waals surface area (Å²) >= 11 is 12.2. The Bertz CT molecular complexity index is 1370. The number of rotatable bonds is 7. The maximum atomic E-state index is 13.4. The average Bonchev–Trinajstić information content (AvgIpc) is 3.62. The Morgan fingerprint density at radius 3 is 2.28 bits per heavy atom. The molecule has 7 nitrogen and oxygen atoms in total. The van der Waals surface area contributed by atoms with Crippen LogP contribution >= 0.6 is 23.2 Å². The van der Waals surface area contributed by atoms with Crippen LogP contribution in [0.5, 0.6) is 5.75 Å². The molecule has 0 radical (unpaired) electrons. The van der Waals surface area contributed by atoms with Gasteiger partial charge < -0.3 is 15.2 Å². The SMILES string of the molecule is COc1cccc2c1N(c1ccc(C[C@H](NC(=O)c3c(Cl)cccc3Cl)C(=O)O)cc1)C(=O)C21CC1. The fraction of sp³-hybridized carbons (Fsp3) is 0.222. The van der Waals surface area contributed by atoms with Gasteiger partial charge in [-0.25, -0.2) is 4.79 Å². The van der Waals surface area contributed by atoms with Crippen molar-refractivity contribution in [3.05, 3.63) is 87.4 Å². The van der Waals surface area contributed by atoms with E-state index in [2.05, 4.69) is 5.32 Å². The fourth-order valence-electron chi connectivity index (χ4n) is 4.75. The molecule has 36 heavy (non-hydrogen) atoms. The number of para-hydroxylation sites is 1. The van der Waals surface area contributed by atoms with E-state index in [0.717, 1.165) is 24.1 Å². The highest BCUT2D eigenvalue weighted by Gasteiger charge is 2.60. The Labute approximate surface area is 217 Å². The maximum absolute atomic E-state index is 13.4. The van der Waals surface area contributed by atoms with Crippen molar-refractivity contribution in [3.8, 4) is 5.75 Å². The fourth-order valence-corrected chi connectivity index (χ4v) is 5.32. The summed E-state index contributed by atoms with van der Waals surface area (Å²) in [7, 11) is 1.58. The molecule has 1 saturated carbocycles. The van der Waals surface area contributed by atoms with Crippen molar-refractivity contribution in [3.63, 3.8) is 0 Å². The van der Waals surface area contributed by atoms with Gasteiger partial charge in [0.05, 0.1) is 33.8 Å². The molecule has 0 bridgehead atoms. The molecular formula is C27H22Cl2N2O5. The third-order valence-corrected chi connectivity index (χ3v) is 7.38. The van der Waals surface area contributed by atoms with Gasteiger partial charge >= 0.3 is 5.97 Å². The van der Waals surface area contributed by atoms with E-state index in [0.29, 0.717) is 17.0 Å². The zero-order valence-corrected chi connectivity index (χ0v) is 20.8. The van der Waals surface area contributed by atoms with Crippen molar-refractivity contribution < 1.29 is 24.2 Å². The van der Waals surface area contributed by atoms with Gasteiger partial charge in [-0.05, 0) is 54.3 Å². The number of nitrogens with zero attached hydrogens (tertiary/aromatic N) is 1. The van der Waals surface area contributed by atoms with Gasteiger partial charge in [0.2, 0.25) is 5.91 Å². The van der Waals surface area contributed by atoms with Crippen molar-refractivity contribution in [1.29, 1.82) is 0 Å². The van der Waals surface area contributed by atoms with Crippen LogP contribution in [0.3, 0.4) is 0 Å². The third kappa shape index (κ3) is 3.98. The van der Waals surface area contributed by atoms with Crippen LogP contribution in [0.15, 0.2) is 60.7 Å². The minimum Gasteiger partial charge on any atom is -0.495 e. The van der Waals surface area contributed by atoms with Crippen molar-refractivity contribution in [1.82, 2.24) is 5.32 Å². The van der Waals surface area contributed by atoms with E-state index in [1.807, 2.05) is 18.2 Å². The van der Waals surface area contributed by atoms with Gasteiger partial charge in [-0.2, -0.15) is 0 Å². The highest BCUT2D eigenvalue weighted by molar-refractivity contribution is 6.39. The number of anilines is 2. The number of amides is 2. The normalized spacial score (nSPS) is 16.0. The predicted molar refractivity (Wildman–Crippen MR) is 137 cm³/mol. The molecule has 1 heterocycles. The number of halogens is 2. The Hall–Kier alpha value is -3.55. The number of carbonyl (C=O) groups is 3. The second-order valence-corrected chi connectivity index (χ2v) is 9.73. The molecular weight excluding hydrogens is 503 g/mol. The number of ether oxygens (including phenoxy) is 1. The molecule has 0 unspecified atom stereocenters. The van der Waals surface area contributed by atoms with Crippen LogP contribution in [0.4, 0.5) is 11.4 Å². The standard InChI is InChI=1S/C27H22Cl2N2O5/c1-36-21-7-2-4-17-23(21)31(26(35)27(17)12-13-27)16-10-8-15(9-11-16)14-20(25(33)34)30-24(32)22-18(28)5-3-6-19(22)29/h2-11,20H,12-14H2,1H3,(H,30,32)(H,33,34)/t20-/m0/s1. The lowest BCUT2D eigenvalue weighted by molar-refractivity contribution is -0.139. The number of benzene rings is 3. The summed E-state index contributed by atoms with van der Waals surface area (Å²) in [6.07, 6.45) is 1.63. The van der Waals surface area contributed by atoms with Crippen molar-refractivity contribution in [2.45, 2.75) is 30.7 Å². The first kappa shape index (κ1) is 24.2. The predicted octanol–water partition coefficient (Wildman–Crippen LogP) is 5.14. The number of nitrogens with one attached hydrogen (secondary N) is 1. The molecule has 1 aliphatic heterocycles. The molecule has 5 rings (SSSR count). The first-order valence-electron chi connectivity index (χ1n) is 11.4. The second-order valence-electron chi connectivity index (χ2n) is 8.91. The summed E-state index contributed by atoms with van der Waals surface area (Å²) in [6, 6.07) is 16.2. The Kier molecular flexibility index (Phi) is 6.14. The molecule has 1 aliphatic carbocycles. The van der Waals surface area contributed by atoms with Crippen LogP contribution < -0.4 is 15.0 Å². The average molecular weight is 525 g/mol. The molecule has 0 aromatic heterocycles. The van der Waals surface area contributed by atoms with Gasteiger partial charge in [-0.1, -0.05) is 53.5 Å². The van der Waals surface area contributed by atoms with Gasteiger partial charge in [0.1, 0.15) is 11.8 Å². The molecule has 2 N–H and O–H groups in total. The summed E-state index contributed by atoms with van der Waals surface area (Å²) in [4.78, 5) is 39.7. The Morgan fingerprint density at radius 2 is 1.69 bits per heavy atom. The number of fused-ring (bicyclic) bond motifs is 2. The van der Waals surface area contributed by atoms with E-state index in [1.54, 1.807) is 42.3 Å². The van der Waals surface area contributed by atoms with Crippen LogP contribution in [0.2, 0.25) is 10.0 Å². The van der Waals surface area contributed by atoms with Crippen LogP contribution in [0.25, 0.3) is 0 Å². The lowest BCUT2D eigenvalue weighted by Gasteiger charge is -2.21. The zero-order chi connectivity index (χ0) is 25.6. The van der Waals surface area contributed by atoms with Crippen LogP contribution in [-0.4, -0.2) is 36.0 Å². The highest BCUT2D eigenvalue weighted by Crippen LogP contribution is 2.61. The van der Waals surface area contributed by atoms with E-state index < -0.39 is 23.3 Å². The van der Waals surface area contributed by atoms with Crippen LogP contribution in [-0.2, 0) is 21.4 Å². The number of hydrogen-bond donors (Lipinski definition) is 2. The molecule has 9 heteroatoms. The maximum Gasteiger partial charge on any atom is 0.326 e. The molecule has 1 fully saturated rings. The first-order valence-corrected chi connectivity index (χ1v) is 12.1. The topological polar surface area (TPSA) is 95.9 Å². The molecule has 2 aliphatic rings. The first-order chi connectivity index (χ1) is 17.3. The van der Waals surface area contributed by atoms with Crippen molar-refractivity contribution >= 4 is 52.4 Å². The number of hydrogen-bond acceptors (Lipinski definition) is 4. The molecule has 1 spiro atoms. The smallest absolute Gasteiger partial charge is 0.326 e. The second kappa shape index (κ2) is 9.15. The van der Waals surface area contributed by atoms with Gasteiger partial charge in [0, 0.05) is 12.1 Å². The van der Waals surface area contributed by atoms with Gasteiger partial charge in [-0.15, -0.1) is 0 Å². The molecule has 2 amide bonds. The van der Waals surface area contributed by atoms with Gasteiger partial charge in [0.25, 0.3) is 5.91 Å². The van der Waals surface area contributed by atoms with Crippen molar-refractivity contribution in [2.75, 3.05) is 12.0 Å². The minimum absolute atomic E-state index is 0.0158. The number of carboxylic acids is 1. The number of carboxylic acid groups (broad SMARTS) is 1. The zero-order valence-electron chi connectivity index (χ0n) is 19.3. The summed E-state index contributed by atoms with van der Waals surface area (Å²) in [5.74, 6) is -1.22. The Morgan fingerprint density at radius 1 is 1.06 bits per heavy atom. The van der Waals surface area contributed by atoms with E-state index in [4.69, 9.17) is 27.9 Å². The lowest BCUT2D eigenvalue weighted by atomic mass is 9.98. The molecule has 1 atom stereocenters. The van der Waals surface area contributed by atoms with E-state index >= 15 is 0 Å². The summed E-state index contributed by atoms with van der Waals surface area (Å²) in [6.45, 7) is 0. The van der Waals surface area contributed by atoms with Crippen LogP contribution in [0.1, 0.15) is 34.3 Å². The van der Waals surface area contributed by atoms with E-state index in [1.165, 1.54) is 12.1 Å². The lowest BCUT2D eigenvalue weighted by Crippen LogP contribution is -2.42. The summed E-state index contributed by atoms with van der Waals surface area (Å²) in [5, 5.41) is 12.5. The van der Waals surface area contributed by atoms with Crippen molar-refractivity contribution in [2.24, 2.45) is 0 Å².